The number of rotatable bonds is 3. The summed E-state index contributed by atoms with van der Waals surface area (Å²) < 4.78 is 5.57. The van der Waals surface area contributed by atoms with Crippen LogP contribution < -0.4 is 5.56 Å². The zero-order valence-electron chi connectivity index (χ0n) is 10.7. The Morgan fingerprint density at radius 1 is 1.33 bits per heavy atom. The van der Waals surface area contributed by atoms with Crippen molar-refractivity contribution in [1.82, 2.24) is 9.97 Å². The Morgan fingerprint density at radius 3 is 2.61 bits per heavy atom. The highest BCUT2D eigenvalue weighted by molar-refractivity contribution is 9.10. The lowest BCUT2D eigenvalue weighted by molar-refractivity contribution is 0.180. The Balaban J connectivity index is 2.29. The Hall–Kier alpha value is -0.680. The monoisotopic (exact) mass is 314 g/mol. The van der Waals surface area contributed by atoms with E-state index in [1.807, 2.05) is 0 Å². The molecule has 0 aromatic carbocycles. The van der Waals surface area contributed by atoms with Gasteiger partial charge in [0.15, 0.2) is 0 Å². The van der Waals surface area contributed by atoms with Gasteiger partial charge in [-0.25, -0.2) is 4.98 Å². The summed E-state index contributed by atoms with van der Waals surface area (Å²) in [7, 11) is 1.61. The number of aromatic amines is 1. The molecule has 5 heteroatoms. The van der Waals surface area contributed by atoms with E-state index < -0.39 is 0 Å². The molecule has 0 saturated heterocycles. The molecule has 2 rings (SSSR count). The Morgan fingerprint density at radius 2 is 2.00 bits per heavy atom. The van der Waals surface area contributed by atoms with Crippen LogP contribution in [0.3, 0.4) is 0 Å². The van der Waals surface area contributed by atoms with Gasteiger partial charge >= 0.3 is 0 Å². The maximum Gasteiger partial charge on any atom is 0.265 e. The fourth-order valence-corrected chi connectivity index (χ4v) is 2.81. The molecule has 0 bridgehead atoms. The second kappa shape index (κ2) is 6.48. The van der Waals surface area contributed by atoms with Crippen LogP contribution in [0.5, 0.6) is 0 Å². The first-order chi connectivity index (χ1) is 8.72. The minimum absolute atomic E-state index is 0.101. The molecule has 1 aliphatic rings. The van der Waals surface area contributed by atoms with Crippen LogP contribution in [0.15, 0.2) is 9.27 Å². The second-order valence-electron chi connectivity index (χ2n) is 4.83. The van der Waals surface area contributed by atoms with Gasteiger partial charge < -0.3 is 9.72 Å². The molecule has 18 heavy (non-hydrogen) atoms. The maximum atomic E-state index is 11.9. The quantitative estimate of drug-likeness (QED) is 0.872. The highest BCUT2D eigenvalue weighted by Gasteiger charge is 2.18. The zero-order valence-corrected chi connectivity index (χ0v) is 12.3. The molecule has 0 unspecified atom stereocenters. The average Bonchev–Trinajstić information content (AvgIpc) is 2.63. The molecule has 0 amide bonds. The summed E-state index contributed by atoms with van der Waals surface area (Å²) in [5.74, 6) is 1.22. The highest BCUT2D eigenvalue weighted by atomic mass is 79.9. The fraction of sp³-hybridized carbons (Fsp3) is 0.692. The van der Waals surface area contributed by atoms with Crippen molar-refractivity contribution in [2.75, 3.05) is 7.11 Å². The van der Waals surface area contributed by atoms with Crippen LogP contribution in [0.2, 0.25) is 0 Å². The van der Waals surface area contributed by atoms with Gasteiger partial charge in [-0.2, -0.15) is 0 Å². The van der Waals surface area contributed by atoms with E-state index in [9.17, 15) is 4.79 Å². The molecule has 0 atom stereocenters. The summed E-state index contributed by atoms with van der Waals surface area (Å²) in [5.41, 5.74) is 0.594. The van der Waals surface area contributed by atoms with E-state index in [1.54, 1.807) is 7.11 Å². The van der Waals surface area contributed by atoms with Gasteiger partial charge in [-0.1, -0.05) is 25.7 Å². The van der Waals surface area contributed by atoms with Gasteiger partial charge in [0.05, 0.1) is 12.3 Å². The van der Waals surface area contributed by atoms with Crippen LogP contribution in [-0.4, -0.2) is 17.1 Å². The molecule has 0 aliphatic heterocycles. The summed E-state index contributed by atoms with van der Waals surface area (Å²) >= 11 is 3.27. The van der Waals surface area contributed by atoms with Crippen molar-refractivity contribution in [3.05, 3.63) is 26.3 Å². The largest absolute Gasteiger partial charge is 0.378 e. The number of ether oxygens (including phenoxy) is 1. The van der Waals surface area contributed by atoms with Crippen LogP contribution >= 0.6 is 15.9 Å². The van der Waals surface area contributed by atoms with E-state index in [2.05, 4.69) is 25.9 Å². The molecule has 1 saturated carbocycles. The van der Waals surface area contributed by atoms with E-state index in [-0.39, 0.29) is 5.56 Å². The minimum atomic E-state index is -0.101. The van der Waals surface area contributed by atoms with Crippen LogP contribution in [0.4, 0.5) is 0 Å². The van der Waals surface area contributed by atoms with Crippen LogP contribution in [-0.2, 0) is 11.3 Å². The summed E-state index contributed by atoms with van der Waals surface area (Å²) in [4.78, 5) is 19.3. The number of nitrogens with zero attached hydrogens (tertiary/aromatic N) is 1. The van der Waals surface area contributed by atoms with Crippen molar-refractivity contribution in [2.45, 2.75) is 51.0 Å². The van der Waals surface area contributed by atoms with E-state index >= 15 is 0 Å². The average molecular weight is 315 g/mol. The van der Waals surface area contributed by atoms with E-state index in [0.717, 1.165) is 18.7 Å². The number of hydrogen-bond acceptors (Lipinski definition) is 3. The van der Waals surface area contributed by atoms with Gasteiger partial charge in [-0.15, -0.1) is 0 Å². The van der Waals surface area contributed by atoms with Gasteiger partial charge in [0.1, 0.15) is 10.3 Å². The first-order valence-electron chi connectivity index (χ1n) is 6.50. The van der Waals surface area contributed by atoms with Crippen molar-refractivity contribution in [3.63, 3.8) is 0 Å². The lowest BCUT2D eigenvalue weighted by Crippen LogP contribution is -2.18. The first-order valence-corrected chi connectivity index (χ1v) is 7.29. The fourth-order valence-electron chi connectivity index (χ4n) is 2.50. The predicted molar refractivity (Wildman–Crippen MR) is 73.7 cm³/mol. The molecule has 1 aromatic rings. The van der Waals surface area contributed by atoms with Crippen molar-refractivity contribution in [3.8, 4) is 0 Å². The summed E-state index contributed by atoms with van der Waals surface area (Å²) in [6, 6.07) is 0. The van der Waals surface area contributed by atoms with Crippen molar-refractivity contribution in [1.29, 1.82) is 0 Å². The van der Waals surface area contributed by atoms with Crippen molar-refractivity contribution < 1.29 is 4.74 Å². The number of H-pyrrole nitrogens is 1. The standard InChI is InChI=1S/C13H19BrN2O2/c1-18-8-10-11(14)13(17)16-12(15-10)9-6-4-2-3-5-7-9/h9H,2-8H2,1H3,(H,15,16,17). The Labute approximate surface area is 115 Å². The molecule has 0 radical (unpaired) electrons. The van der Waals surface area contributed by atoms with Crippen molar-refractivity contribution in [2.24, 2.45) is 0 Å². The first kappa shape index (κ1) is 13.7. The van der Waals surface area contributed by atoms with Crippen LogP contribution in [0.1, 0.15) is 56.0 Å². The van der Waals surface area contributed by atoms with Crippen LogP contribution in [0, 0.1) is 0 Å². The van der Waals surface area contributed by atoms with Crippen LogP contribution in [0.25, 0.3) is 0 Å². The minimum Gasteiger partial charge on any atom is -0.378 e. The number of hydrogen-bond donors (Lipinski definition) is 1. The molecular weight excluding hydrogens is 296 g/mol. The number of aromatic nitrogens is 2. The van der Waals surface area contributed by atoms with Gasteiger partial charge in [-0.3, -0.25) is 4.79 Å². The number of nitrogens with one attached hydrogen (secondary N) is 1. The predicted octanol–water partition coefficient (Wildman–Crippen LogP) is 3.12. The van der Waals surface area contributed by atoms with Gasteiger partial charge in [-0.05, 0) is 28.8 Å². The third kappa shape index (κ3) is 3.20. The van der Waals surface area contributed by atoms with Gasteiger partial charge in [0.25, 0.3) is 5.56 Å². The topological polar surface area (TPSA) is 55.0 Å². The van der Waals surface area contributed by atoms with E-state index in [4.69, 9.17) is 4.74 Å². The summed E-state index contributed by atoms with van der Waals surface area (Å²) in [6.07, 6.45) is 7.28. The lowest BCUT2D eigenvalue weighted by atomic mass is 9.99. The molecule has 1 aliphatic carbocycles. The number of halogens is 1. The molecule has 1 aromatic heterocycles. The second-order valence-corrected chi connectivity index (χ2v) is 5.63. The van der Waals surface area contributed by atoms with Gasteiger partial charge in [0, 0.05) is 13.0 Å². The van der Waals surface area contributed by atoms with E-state index in [1.165, 1.54) is 25.7 Å². The highest BCUT2D eigenvalue weighted by Crippen LogP contribution is 2.29. The maximum absolute atomic E-state index is 11.9. The molecule has 4 nitrogen and oxygen atoms in total. The Bertz CT molecular complexity index is 451. The third-order valence-electron chi connectivity index (χ3n) is 3.47. The summed E-state index contributed by atoms with van der Waals surface area (Å²) in [5, 5.41) is 0. The summed E-state index contributed by atoms with van der Waals surface area (Å²) in [6.45, 7) is 0.365. The van der Waals surface area contributed by atoms with Gasteiger partial charge in [0.2, 0.25) is 0 Å². The normalized spacial score (nSPS) is 17.7. The van der Waals surface area contributed by atoms with E-state index in [0.29, 0.717) is 22.7 Å². The molecule has 1 fully saturated rings. The molecule has 1 heterocycles. The molecule has 100 valence electrons. The zero-order chi connectivity index (χ0) is 13.0. The smallest absolute Gasteiger partial charge is 0.265 e. The number of methoxy groups -OCH3 is 1. The lowest BCUT2D eigenvalue weighted by Gasteiger charge is -2.14. The van der Waals surface area contributed by atoms with Crippen molar-refractivity contribution >= 4 is 15.9 Å². The molecule has 0 spiro atoms. The Kier molecular flexibility index (Phi) is 4.95. The molecule has 1 N–H and O–H groups in total. The third-order valence-corrected chi connectivity index (χ3v) is 4.29. The SMILES string of the molecule is COCc1nc(C2CCCCCC2)[nH]c(=O)c1Br. The molecular formula is C13H19BrN2O2.